The van der Waals surface area contributed by atoms with Crippen molar-refractivity contribution in [3.63, 3.8) is 0 Å². The highest BCUT2D eigenvalue weighted by Crippen LogP contribution is 2.10. The molecule has 6 heteroatoms. The molecule has 0 atom stereocenters. The number of hydrogen-bond donors (Lipinski definition) is 2. The molecule has 0 saturated carbocycles. The van der Waals surface area contributed by atoms with Crippen LogP contribution in [0, 0.1) is 25.2 Å². The SMILES string of the molecule is Cc1cc(NC(=O)Nc2ccc(C#N)cc2)nc(C)n1. The lowest BCUT2D eigenvalue weighted by molar-refractivity contribution is 0.262. The number of amides is 2. The van der Waals surface area contributed by atoms with Crippen molar-refractivity contribution < 1.29 is 4.79 Å². The second kappa shape index (κ2) is 5.80. The van der Waals surface area contributed by atoms with E-state index in [1.54, 1.807) is 37.3 Å². The molecule has 0 aliphatic carbocycles. The van der Waals surface area contributed by atoms with Crippen LogP contribution in [0.1, 0.15) is 17.1 Å². The van der Waals surface area contributed by atoms with Crippen LogP contribution in [-0.2, 0) is 0 Å². The Hall–Kier alpha value is -2.94. The number of nitriles is 1. The fourth-order valence-corrected chi connectivity index (χ4v) is 1.69. The molecule has 0 aliphatic heterocycles. The third-order valence-electron chi connectivity index (χ3n) is 2.48. The van der Waals surface area contributed by atoms with Gasteiger partial charge in [0.1, 0.15) is 11.6 Å². The first-order chi connectivity index (χ1) is 9.56. The lowest BCUT2D eigenvalue weighted by Gasteiger charge is -2.08. The molecule has 0 aliphatic rings. The predicted molar refractivity (Wildman–Crippen MR) is 75.3 cm³/mol. The van der Waals surface area contributed by atoms with Gasteiger partial charge in [-0.2, -0.15) is 5.26 Å². The van der Waals surface area contributed by atoms with E-state index in [1.165, 1.54) is 0 Å². The molecule has 0 radical (unpaired) electrons. The minimum Gasteiger partial charge on any atom is -0.308 e. The fraction of sp³-hybridized carbons (Fsp3) is 0.143. The molecule has 0 unspecified atom stereocenters. The third kappa shape index (κ3) is 3.53. The maximum Gasteiger partial charge on any atom is 0.324 e. The Morgan fingerprint density at radius 2 is 1.85 bits per heavy atom. The van der Waals surface area contributed by atoms with Gasteiger partial charge in [-0.15, -0.1) is 0 Å². The molecule has 0 spiro atoms. The van der Waals surface area contributed by atoms with Gasteiger partial charge in [-0.3, -0.25) is 5.32 Å². The minimum atomic E-state index is -0.396. The molecule has 2 amide bonds. The summed E-state index contributed by atoms with van der Waals surface area (Å²) >= 11 is 0. The number of nitrogens with zero attached hydrogens (tertiary/aromatic N) is 3. The molecule has 1 aromatic carbocycles. The number of aromatic nitrogens is 2. The molecule has 1 heterocycles. The van der Waals surface area contributed by atoms with Crippen molar-refractivity contribution in [3.05, 3.63) is 47.4 Å². The summed E-state index contributed by atoms with van der Waals surface area (Å²) in [6, 6.07) is 9.89. The van der Waals surface area contributed by atoms with E-state index in [-0.39, 0.29) is 0 Å². The Labute approximate surface area is 116 Å². The summed E-state index contributed by atoms with van der Waals surface area (Å²) in [5, 5.41) is 14.0. The van der Waals surface area contributed by atoms with Crippen LogP contribution in [0.3, 0.4) is 0 Å². The molecule has 0 saturated heterocycles. The summed E-state index contributed by atoms with van der Waals surface area (Å²) in [6.07, 6.45) is 0. The van der Waals surface area contributed by atoms with Crippen molar-refractivity contribution >= 4 is 17.5 Å². The van der Waals surface area contributed by atoms with Crippen molar-refractivity contribution in [1.82, 2.24) is 9.97 Å². The van der Waals surface area contributed by atoms with E-state index in [0.717, 1.165) is 5.69 Å². The molecule has 2 N–H and O–H groups in total. The standard InChI is InChI=1S/C14H13N5O/c1-9-7-13(17-10(2)16-9)19-14(20)18-12-5-3-11(8-15)4-6-12/h3-7H,1-2H3,(H2,16,17,18,19,20). The van der Waals surface area contributed by atoms with Gasteiger partial charge in [-0.25, -0.2) is 14.8 Å². The van der Waals surface area contributed by atoms with Crippen LogP contribution in [0.25, 0.3) is 0 Å². The van der Waals surface area contributed by atoms with Crippen LogP contribution in [0.15, 0.2) is 30.3 Å². The van der Waals surface area contributed by atoms with Gasteiger partial charge in [0.2, 0.25) is 0 Å². The minimum absolute atomic E-state index is 0.396. The quantitative estimate of drug-likeness (QED) is 0.875. The molecular weight excluding hydrogens is 254 g/mol. The molecule has 2 aromatic rings. The van der Waals surface area contributed by atoms with E-state index in [1.807, 2.05) is 13.0 Å². The van der Waals surface area contributed by atoms with Crippen molar-refractivity contribution in [1.29, 1.82) is 5.26 Å². The zero-order valence-electron chi connectivity index (χ0n) is 11.1. The lowest BCUT2D eigenvalue weighted by Crippen LogP contribution is -2.20. The van der Waals surface area contributed by atoms with Crippen LogP contribution in [0.5, 0.6) is 0 Å². The van der Waals surface area contributed by atoms with Crippen molar-refractivity contribution in [3.8, 4) is 6.07 Å². The Morgan fingerprint density at radius 3 is 2.45 bits per heavy atom. The van der Waals surface area contributed by atoms with Crippen LogP contribution < -0.4 is 10.6 Å². The molecule has 100 valence electrons. The van der Waals surface area contributed by atoms with Crippen molar-refractivity contribution in [2.24, 2.45) is 0 Å². The van der Waals surface area contributed by atoms with E-state index in [9.17, 15) is 4.79 Å². The second-order valence-electron chi connectivity index (χ2n) is 4.21. The number of carbonyl (C=O) groups is 1. The number of urea groups is 1. The maximum atomic E-state index is 11.8. The molecule has 0 bridgehead atoms. The van der Waals surface area contributed by atoms with Crippen LogP contribution in [-0.4, -0.2) is 16.0 Å². The smallest absolute Gasteiger partial charge is 0.308 e. The number of nitrogens with one attached hydrogen (secondary N) is 2. The molecule has 20 heavy (non-hydrogen) atoms. The fourth-order valence-electron chi connectivity index (χ4n) is 1.69. The largest absolute Gasteiger partial charge is 0.324 e. The summed E-state index contributed by atoms with van der Waals surface area (Å²) in [6.45, 7) is 3.59. The Bertz CT molecular complexity index is 653. The van der Waals surface area contributed by atoms with Gasteiger partial charge < -0.3 is 5.32 Å². The summed E-state index contributed by atoms with van der Waals surface area (Å²) in [5.41, 5.74) is 1.92. The van der Waals surface area contributed by atoms with Gasteiger partial charge in [-0.05, 0) is 38.1 Å². The van der Waals surface area contributed by atoms with Gasteiger partial charge in [-0.1, -0.05) is 0 Å². The van der Waals surface area contributed by atoms with Gasteiger partial charge >= 0.3 is 6.03 Å². The van der Waals surface area contributed by atoms with E-state index in [2.05, 4.69) is 20.6 Å². The average Bonchev–Trinajstić information content (AvgIpc) is 2.38. The van der Waals surface area contributed by atoms with E-state index in [4.69, 9.17) is 5.26 Å². The number of aryl methyl sites for hydroxylation is 2. The zero-order chi connectivity index (χ0) is 14.5. The van der Waals surface area contributed by atoms with Gasteiger partial charge in [0.25, 0.3) is 0 Å². The van der Waals surface area contributed by atoms with E-state index >= 15 is 0 Å². The monoisotopic (exact) mass is 267 g/mol. The summed E-state index contributed by atoms with van der Waals surface area (Å²) in [7, 11) is 0. The molecule has 6 nitrogen and oxygen atoms in total. The van der Waals surface area contributed by atoms with Crippen LogP contribution in [0.2, 0.25) is 0 Å². The van der Waals surface area contributed by atoms with E-state index in [0.29, 0.717) is 22.9 Å². The number of anilines is 2. The Balaban J connectivity index is 2.03. The highest BCUT2D eigenvalue weighted by molar-refractivity contribution is 5.99. The third-order valence-corrected chi connectivity index (χ3v) is 2.48. The van der Waals surface area contributed by atoms with E-state index < -0.39 is 6.03 Å². The molecule has 1 aromatic heterocycles. The number of rotatable bonds is 2. The number of benzene rings is 1. The van der Waals surface area contributed by atoms with Gasteiger partial charge in [0.05, 0.1) is 11.6 Å². The normalized spacial score (nSPS) is 9.65. The highest BCUT2D eigenvalue weighted by Gasteiger charge is 2.05. The van der Waals surface area contributed by atoms with Crippen molar-refractivity contribution in [2.75, 3.05) is 10.6 Å². The molecule has 2 rings (SSSR count). The first-order valence-corrected chi connectivity index (χ1v) is 5.97. The second-order valence-corrected chi connectivity index (χ2v) is 4.21. The highest BCUT2D eigenvalue weighted by atomic mass is 16.2. The van der Waals surface area contributed by atoms with Crippen LogP contribution >= 0.6 is 0 Å². The number of carbonyl (C=O) groups excluding carboxylic acids is 1. The van der Waals surface area contributed by atoms with Crippen LogP contribution in [0.4, 0.5) is 16.3 Å². The first kappa shape index (κ1) is 13.5. The zero-order valence-corrected chi connectivity index (χ0v) is 11.1. The van der Waals surface area contributed by atoms with Crippen molar-refractivity contribution in [2.45, 2.75) is 13.8 Å². The Morgan fingerprint density at radius 1 is 1.15 bits per heavy atom. The molecule has 0 fully saturated rings. The average molecular weight is 267 g/mol. The lowest BCUT2D eigenvalue weighted by atomic mass is 10.2. The summed E-state index contributed by atoms with van der Waals surface area (Å²) in [5.74, 6) is 1.04. The first-order valence-electron chi connectivity index (χ1n) is 5.97. The van der Waals surface area contributed by atoms with Gasteiger partial charge in [0, 0.05) is 17.4 Å². The topological polar surface area (TPSA) is 90.7 Å². The summed E-state index contributed by atoms with van der Waals surface area (Å²) in [4.78, 5) is 20.1. The molecular formula is C14H13N5O. The maximum absolute atomic E-state index is 11.8. The van der Waals surface area contributed by atoms with Gasteiger partial charge in [0.15, 0.2) is 0 Å². The predicted octanol–water partition coefficient (Wildman–Crippen LogP) is 2.61. The summed E-state index contributed by atoms with van der Waals surface area (Å²) < 4.78 is 0. The Kier molecular flexibility index (Phi) is 3.91. The number of hydrogen-bond acceptors (Lipinski definition) is 4.